The van der Waals surface area contributed by atoms with Crippen LogP contribution in [0.1, 0.15) is 20.7 Å². The lowest BCUT2D eigenvalue weighted by molar-refractivity contribution is -0.132. The molecule has 8 nitrogen and oxygen atoms in total. The summed E-state index contributed by atoms with van der Waals surface area (Å²) in [5.41, 5.74) is 0.393. The van der Waals surface area contributed by atoms with E-state index in [1.54, 1.807) is 28.2 Å². The monoisotopic (exact) mass is 336 g/mol. The minimum atomic E-state index is -0.673. The van der Waals surface area contributed by atoms with E-state index >= 15 is 0 Å². The third kappa shape index (κ3) is 5.71. The molecule has 0 aliphatic heterocycles. The van der Waals surface area contributed by atoms with Crippen LogP contribution in [0.4, 0.5) is 0 Å². The zero-order chi connectivity index (χ0) is 18.3. The van der Waals surface area contributed by atoms with Gasteiger partial charge in [0.05, 0.1) is 11.1 Å². The molecule has 1 rings (SSSR count). The number of carbonyl (C=O) groups is 4. The summed E-state index contributed by atoms with van der Waals surface area (Å²) in [7, 11) is 6.21. The van der Waals surface area contributed by atoms with Crippen LogP contribution in [0.15, 0.2) is 24.3 Å². The molecule has 0 aromatic heterocycles. The van der Waals surface area contributed by atoms with E-state index in [0.29, 0.717) is 0 Å². The molecule has 0 saturated carbocycles. The maximum absolute atomic E-state index is 11.8. The maximum Gasteiger partial charge on any atom is 0.338 e. The van der Waals surface area contributed by atoms with Crippen LogP contribution >= 0.6 is 0 Å². The Morgan fingerprint density at radius 1 is 0.708 bits per heavy atom. The summed E-state index contributed by atoms with van der Waals surface area (Å²) >= 11 is 0. The first-order chi connectivity index (χ1) is 11.2. The van der Waals surface area contributed by atoms with Crippen LogP contribution in [0.2, 0.25) is 0 Å². The zero-order valence-electron chi connectivity index (χ0n) is 14.1. The van der Waals surface area contributed by atoms with E-state index < -0.39 is 11.9 Å². The van der Waals surface area contributed by atoms with Crippen molar-refractivity contribution in [3.8, 4) is 0 Å². The lowest BCUT2D eigenvalue weighted by Gasteiger charge is -2.11. The Kier molecular flexibility index (Phi) is 6.91. The molecule has 2 amide bonds. The van der Waals surface area contributed by atoms with Crippen LogP contribution in [-0.4, -0.2) is 75.0 Å². The van der Waals surface area contributed by atoms with Gasteiger partial charge in [0.25, 0.3) is 11.8 Å². The Labute approximate surface area is 139 Å². The third-order valence-corrected chi connectivity index (χ3v) is 3.01. The third-order valence-electron chi connectivity index (χ3n) is 3.01. The smallest absolute Gasteiger partial charge is 0.338 e. The predicted octanol–water partition coefficient (Wildman–Crippen LogP) is 0.177. The van der Waals surface area contributed by atoms with Crippen molar-refractivity contribution in [3.63, 3.8) is 0 Å². The van der Waals surface area contributed by atoms with Crippen molar-refractivity contribution < 1.29 is 28.7 Å². The number of esters is 2. The maximum atomic E-state index is 11.8. The number of amides is 2. The molecule has 1 aromatic rings. The Morgan fingerprint density at radius 2 is 1.00 bits per heavy atom. The highest BCUT2D eigenvalue weighted by atomic mass is 16.5. The molecule has 0 bridgehead atoms. The van der Waals surface area contributed by atoms with Crippen molar-refractivity contribution in [1.29, 1.82) is 0 Å². The van der Waals surface area contributed by atoms with Gasteiger partial charge in [-0.2, -0.15) is 0 Å². The van der Waals surface area contributed by atoms with Gasteiger partial charge in [-0.25, -0.2) is 9.59 Å². The van der Waals surface area contributed by atoms with E-state index in [4.69, 9.17) is 9.47 Å². The Bertz CT molecular complexity index is 567. The van der Waals surface area contributed by atoms with E-state index in [0.717, 1.165) is 0 Å². The quantitative estimate of drug-likeness (QED) is 0.688. The van der Waals surface area contributed by atoms with Crippen molar-refractivity contribution in [2.45, 2.75) is 0 Å². The molecule has 0 radical (unpaired) electrons. The number of benzene rings is 1. The topological polar surface area (TPSA) is 93.2 Å². The van der Waals surface area contributed by atoms with Gasteiger partial charge in [-0.1, -0.05) is 0 Å². The molecule has 24 heavy (non-hydrogen) atoms. The summed E-state index contributed by atoms with van der Waals surface area (Å²) in [5, 5.41) is 0. The standard InChI is InChI=1S/C16H20N2O6/c1-17(2)13(19)9-23-15(21)11-5-7-12(8-6-11)16(22)24-10-14(20)18(3)4/h5-8H,9-10H2,1-4H3. The number of carbonyl (C=O) groups excluding carboxylic acids is 4. The molecule has 0 unspecified atom stereocenters. The second-order valence-corrected chi connectivity index (χ2v) is 5.31. The van der Waals surface area contributed by atoms with Crippen molar-refractivity contribution in [3.05, 3.63) is 35.4 Å². The molecule has 0 aliphatic carbocycles. The molecular weight excluding hydrogens is 316 g/mol. The molecule has 0 heterocycles. The summed E-state index contributed by atoms with van der Waals surface area (Å²) in [6, 6.07) is 5.53. The van der Waals surface area contributed by atoms with Crippen LogP contribution in [-0.2, 0) is 19.1 Å². The normalized spacial score (nSPS) is 9.83. The minimum absolute atomic E-state index is 0.197. The highest BCUT2D eigenvalue weighted by Crippen LogP contribution is 2.08. The van der Waals surface area contributed by atoms with Crippen LogP contribution < -0.4 is 0 Å². The van der Waals surface area contributed by atoms with Gasteiger partial charge in [0.1, 0.15) is 0 Å². The van der Waals surface area contributed by atoms with Crippen molar-refractivity contribution in [1.82, 2.24) is 9.80 Å². The molecule has 0 fully saturated rings. The molecule has 8 heteroatoms. The number of hydrogen-bond acceptors (Lipinski definition) is 6. The van der Waals surface area contributed by atoms with Crippen LogP contribution in [0.25, 0.3) is 0 Å². The first kappa shape index (κ1) is 19.1. The van der Waals surface area contributed by atoms with Gasteiger partial charge < -0.3 is 19.3 Å². The van der Waals surface area contributed by atoms with Gasteiger partial charge in [0.2, 0.25) is 0 Å². The molecule has 0 aliphatic rings. The molecule has 0 spiro atoms. The number of likely N-dealkylation sites (N-methyl/N-ethyl adjacent to an activating group) is 2. The summed E-state index contributed by atoms with van der Waals surface area (Å²) in [6.45, 7) is -0.718. The van der Waals surface area contributed by atoms with E-state index in [1.165, 1.54) is 34.1 Å². The van der Waals surface area contributed by atoms with Crippen LogP contribution in [0.3, 0.4) is 0 Å². The summed E-state index contributed by atoms with van der Waals surface area (Å²) < 4.78 is 9.72. The molecule has 0 N–H and O–H groups in total. The number of rotatable bonds is 6. The van der Waals surface area contributed by atoms with Crippen LogP contribution in [0.5, 0.6) is 0 Å². The molecular formula is C16H20N2O6. The van der Waals surface area contributed by atoms with Gasteiger partial charge in [0, 0.05) is 28.2 Å². The fraction of sp³-hybridized carbons (Fsp3) is 0.375. The van der Waals surface area contributed by atoms with Crippen molar-refractivity contribution in [2.75, 3.05) is 41.4 Å². The highest BCUT2D eigenvalue weighted by molar-refractivity contribution is 5.94. The van der Waals surface area contributed by atoms with E-state index in [9.17, 15) is 19.2 Å². The Hall–Kier alpha value is -2.90. The first-order valence-electron chi connectivity index (χ1n) is 7.07. The fourth-order valence-corrected chi connectivity index (χ4v) is 1.42. The average molecular weight is 336 g/mol. The van der Waals surface area contributed by atoms with Gasteiger partial charge in [-0.3, -0.25) is 9.59 Å². The summed E-state index contributed by atoms with van der Waals surface area (Å²) in [6.07, 6.45) is 0. The first-order valence-corrected chi connectivity index (χ1v) is 7.07. The second-order valence-electron chi connectivity index (χ2n) is 5.31. The minimum Gasteiger partial charge on any atom is -0.452 e. The lowest BCUT2D eigenvalue weighted by Crippen LogP contribution is -2.27. The number of hydrogen-bond donors (Lipinski definition) is 0. The zero-order valence-corrected chi connectivity index (χ0v) is 14.1. The van der Waals surface area contributed by atoms with Crippen LogP contribution in [0, 0.1) is 0 Å². The predicted molar refractivity (Wildman–Crippen MR) is 84.4 cm³/mol. The average Bonchev–Trinajstić information content (AvgIpc) is 2.56. The van der Waals surface area contributed by atoms with E-state index in [-0.39, 0.29) is 36.2 Å². The van der Waals surface area contributed by atoms with Gasteiger partial charge >= 0.3 is 11.9 Å². The Morgan fingerprint density at radius 3 is 1.25 bits per heavy atom. The highest BCUT2D eigenvalue weighted by Gasteiger charge is 2.14. The molecule has 130 valence electrons. The number of ether oxygens (including phenoxy) is 2. The molecule has 0 atom stereocenters. The van der Waals surface area contributed by atoms with Gasteiger partial charge in [-0.15, -0.1) is 0 Å². The summed E-state index contributed by atoms with van der Waals surface area (Å²) in [5.74, 6) is -2.02. The van der Waals surface area contributed by atoms with Gasteiger partial charge in [0.15, 0.2) is 13.2 Å². The Balaban J connectivity index is 2.58. The van der Waals surface area contributed by atoms with Crippen molar-refractivity contribution >= 4 is 23.8 Å². The lowest BCUT2D eigenvalue weighted by atomic mass is 10.1. The second kappa shape index (κ2) is 8.66. The summed E-state index contributed by atoms with van der Waals surface area (Å²) in [4.78, 5) is 48.9. The van der Waals surface area contributed by atoms with Gasteiger partial charge in [-0.05, 0) is 24.3 Å². The number of nitrogens with zero attached hydrogens (tertiary/aromatic N) is 2. The largest absolute Gasteiger partial charge is 0.452 e. The molecule has 1 aromatic carbocycles. The van der Waals surface area contributed by atoms with Crippen molar-refractivity contribution in [2.24, 2.45) is 0 Å². The SMILES string of the molecule is CN(C)C(=O)COC(=O)c1ccc(C(=O)OCC(=O)N(C)C)cc1. The molecule has 0 saturated heterocycles. The fourth-order valence-electron chi connectivity index (χ4n) is 1.42. The van der Waals surface area contributed by atoms with E-state index in [2.05, 4.69) is 0 Å². The van der Waals surface area contributed by atoms with E-state index in [1.807, 2.05) is 0 Å².